The van der Waals surface area contributed by atoms with Gasteiger partial charge in [-0.1, -0.05) is 30.3 Å². The predicted molar refractivity (Wildman–Crippen MR) is 128 cm³/mol. The zero-order chi connectivity index (χ0) is 22.6. The summed E-state index contributed by atoms with van der Waals surface area (Å²) in [6, 6.07) is 14.7. The second-order valence-corrected chi connectivity index (χ2v) is 11.2. The number of ether oxygens (including phenoxy) is 1. The molecule has 0 amide bonds. The topological polar surface area (TPSA) is 71.5 Å². The van der Waals surface area contributed by atoms with Crippen LogP contribution in [-0.4, -0.2) is 51.5 Å². The molecule has 2 atom stereocenters. The normalized spacial score (nSPS) is 26.8. The van der Waals surface area contributed by atoms with Crippen LogP contribution in [0.2, 0.25) is 0 Å². The number of rotatable bonds is 7. The third-order valence-electron chi connectivity index (χ3n) is 6.82. The van der Waals surface area contributed by atoms with E-state index in [1.807, 2.05) is 12.3 Å². The lowest BCUT2D eigenvalue weighted by Crippen LogP contribution is -2.52. The summed E-state index contributed by atoms with van der Waals surface area (Å²) in [5.41, 5.74) is 2.60. The first-order chi connectivity index (χ1) is 15.4. The van der Waals surface area contributed by atoms with Gasteiger partial charge in [-0.25, -0.2) is 18.1 Å². The minimum absolute atomic E-state index is 0.0904. The van der Waals surface area contributed by atoms with E-state index in [-0.39, 0.29) is 18.1 Å². The van der Waals surface area contributed by atoms with Crippen LogP contribution in [0, 0.1) is 12.8 Å². The fraction of sp³-hybridized carbons (Fsp3) is 0.560. The summed E-state index contributed by atoms with van der Waals surface area (Å²) in [6.45, 7) is 4.15. The van der Waals surface area contributed by atoms with Crippen molar-refractivity contribution >= 4 is 15.8 Å². The van der Waals surface area contributed by atoms with E-state index in [1.54, 1.807) is 0 Å². The Balaban J connectivity index is 1.36. The van der Waals surface area contributed by atoms with Crippen molar-refractivity contribution in [2.24, 2.45) is 5.92 Å². The first kappa shape index (κ1) is 23.2. The highest BCUT2D eigenvalue weighted by Gasteiger charge is 2.33. The molecule has 6 nitrogen and oxygen atoms in total. The molecule has 0 radical (unpaired) electrons. The smallest absolute Gasteiger partial charge is 0.208 e. The Labute approximate surface area is 192 Å². The molecule has 1 saturated carbocycles. The van der Waals surface area contributed by atoms with Gasteiger partial charge in [0.15, 0.2) is 0 Å². The Morgan fingerprint density at radius 3 is 2.53 bits per heavy atom. The standard InChI is InChI=1S/C25H35N3O3S/c1-19-12-14-26-25(16-19)28-15-13-24(27-32(2,29)30)22(17-28)18-31-23-10-8-21(9-11-23)20-6-4-3-5-7-20/h3-7,12,14,16,21-24,27H,8-11,13,15,17-18H2,1-2H3. The minimum atomic E-state index is -3.27. The molecule has 32 heavy (non-hydrogen) atoms. The first-order valence-electron chi connectivity index (χ1n) is 11.7. The summed E-state index contributed by atoms with van der Waals surface area (Å²) >= 11 is 0. The molecule has 1 aromatic heterocycles. The number of anilines is 1. The van der Waals surface area contributed by atoms with Crippen molar-refractivity contribution in [2.75, 3.05) is 30.9 Å². The van der Waals surface area contributed by atoms with Gasteiger partial charge in [0.05, 0.1) is 19.0 Å². The van der Waals surface area contributed by atoms with Gasteiger partial charge in [0.2, 0.25) is 10.0 Å². The number of sulfonamides is 1. The maximum atomic E-state index is 11.9. The highest BCUT2D eigenvalue weighted by Crippen LogP contribution is 2.34. The molecule has 1 aliphatic carbocycles. The molecule has 1 N–H and O–H groups in total. The van der Waals surface area contributed by atoms with E-state index in [2.05, 4.69) is 57.9 Å². The average Bonchev–Trinajstić information content (AvgIpc) is 2.78. The molecule has 2 aromatic rings. The van der Waals surface area contributed by atoms with Crippen LogP contribution >= 0.6 is 0 Å². The van der Waals surface area contributed by atoms with Gasteiger partial charge in [0.25, 0.3) is 0 Å². The molecule has 2 fully saturated rings. The van der Waals surface area contributed by atoms with Crippen molar-refractivity contribution in [1.29, 1.82) is 0 Å². The predicted octanol–water partition coefficient (Wildman–Crippen LogP) is 3.88. The van der Waals surface area contributed by atoms with Crippen molar-refractivity contribution < 1.29 is 13.2 Å². The van der Waals surface area contributed by atoms with Gasteiger partial charge in [-0.15, -0.1) is 0 Å². The number of nitrogens with one attached hydrogen (secondary N) is 1. The molecule has 174 valence electrons. The minimum Gasteiger partial charge on any atom is -0.378 e. The van der Waals surface area contributed by atoms with Gasteiger partial charge >= 0.3 is 0 Å². The quantitative estimate of drug-likeness (QED) is 0.683. The van der Waals surface area contributed by atoms with E-state index >= 15 is 0 Å². The summed E-state index contributed by atoms with van der Waals surface area (Å²) in [5.74, 6) is 1.66. The number of hydrogen-bond donors (Lipinski definition) is 1. The van der Waals surface area contributed by atoms with E-state index in [4.69, 9.17) is 4.74 Å². The Hall–Kier alpha value is -1.96. The number of aromatic nitrogens is 1. The molecular formula is C25H35N3O3S. The Bertz CT molecular complexity index is 975. The molecule has 1 aromatic carbocycles. The molecule has 4 rings (SSSR count). The van der Waals surface area contributed by atoms with E-state index in [1.165, 1.54) is 17.4 Å². The average molecular weight is 458 g/mol. The van der Waals surface area contributed by atoms with Crippen molar-refractivity contribution in [2.45, 2.75) is 57.1 Å². The molecule has 2 unspecified atom stereocenters. The van der Waals surface area contributed by atoms with E-state index in [0.29, 0.717) is 12.5 Å². The van der Waals surface area contributed by atoms with Crippen molar-refractivity contribution in [3.8, 4) is 0 Å². The zero-order valence-electron chi connectivity index (χ0n) is 19.1. The maximum absolute atomic E-state index is 11.9. The van der Waals surface area contributed by atoms with E-state index in [9.17, 15) is 8.42 Å². The van der Waals surface area contributed by atoms with E-state index < -0.39 is 10.0 Å². The van der Waals surface area contributed by atoms with Gasteiger partial charge in [0, 0.05) is 31.2 Å². The highest BCUT2D eigenvalue weighted by atomic mass is 32.2. The number of nitrogens with zero attached hydrogens (tertiary/aromatic N) is 2. The lowest BCUT2D eigenvalue weighted by atomic mass is 9.82. The Kier molecular flexibility index (Phi) is 7.48. The summed E-state index contributed by atoms with van der Waals surface area (Å²) in [7, 11) is -3.27. The summed E-state index contributed by atoms with van der Waals surface area (Å²) in [6.07, 6.45) is 8.47. The van der Waals surface area contributed by atoms with Crippen LogP contribution in [0.5, 0.6) is 0 Å². The Morgan fingerprint density at radius 1 is 1.09 bits per heavy atom. The molecule has 7 heteroatoms. The zero-order valence-corrected chi connectivity index (χ0v) is 19.9. The van der Waals surface area contributed by atoms with Crippen LogP contribution in [-0.2, 0) is 14.8 Å². The van der Waals surface area contributed by atoms with Gasteiger partial charge in [0.1, 0.15) is 5.82 Å². The van der Waals surface area contributed by atoms with E-state index in [0.717, 1.165) is 51.0 Å². The van der Waals surface area contributed by atoms with Gasteiger partial charge < -0.3 is 9.64 Å². The number of hydrogen-bond acceptors (Lipinski definition) is 5. The van der Waals surface area contributed by atoms with Crippen LogP contribution < -0.4 is 9.62 Å². The van der Waals surface area contributed by atoms with Crippen molar-refractivity contribution in [3.63, 3.8) is 0 Å². The summed E-state index contributed by atoms with van der Waals surface area (Å²) in [4.78, 5) is 6.79. The number of pyridine rings is 1. The van der Waals surface area contributed by atoms with Crippen LogP contribution in [0.4, 0.5) is 5.82 Å². The van der Waals surface area contributed by atoms with Crippen LogP contribution in [0.15, 0.2) is 48.7 Å². The number of piperidine rings is 1. The molecule has 1 saturated heterocycles. The fourth-order valence-corrected chi connectivity index (χ4v) is 5.94. The number of benzene rings is 1. The maximum Gasteiger partial charge on any atom is 0.208 e. The van der Waals surface area contributed by atoms with Crippen molar-refractivity contribution in [1.82, 2.24) is 9.71 Å². The summed E-state index contributed by atoms with van der Waals surface area (Å²) < 4.78 is 33.1. The molecule has 2 heterocycles. The van der Waals surface area contributed by atoms with Crippen LogP contribution in [0.25, 0.3) is 0 Å². The fourth-order valence-electron chi connectivity index (χ4n) is 5.08. The molecular weight excluding hydrogens is 422 g/mol. The third kappa shape index (κ3) is 6.30. The van der Waals surface area contributed by atoms with Crippen LogP contribution in [0.1, 0.15) is 49.1 Å². The SMILES string of the molecule is Cc1ccnc(N2CCC(NS(C)(=O)=O)C(COC3CCC(c4ccccc4)CC3)C2)c1. The molecule has 1 aliphatic heterocycles. The van der Waals surface area contributed by atoms with Gasteiger partial charge in [-0.05, 0) is 68.2 Å². The Morgan fingerprint density at radius 2 is 1.84 bits per heavy atom. The molecule has 0 spiro atoms. The monoisotopic (exact) mass is 457 g/mol. The van der Waals surface area contributed by atoms with Gasteiger partial charge in [-0.2, -0.15) is 0 Å². The highest BCUT2D eigenvalue weighted by molar-refractivity contribution is 7.88. The largest absolute Gasteiger partial charge is 0.378 e. The van der Waals surface area contributed by atoms with Crippen LogP contribution in [0.3, 0.4) is 0 Å². The molecule has 2 aliphatic rings. The summed E-state index contributed by atoms with van der Waals surface area (Å²) in [5, 5.41) is 0. The third-order valence-corrected chi connectivity index (χ3v) is 7.55. The second kappa shape index (κ2) is 10.3. The first-order valence-corrected chi connectivity index (χ1v) is 13.6. The second-order valence-electron chi connectivity index (χ2n) is 9.40. The molecule has 0 bridgehead atoms. The van der Waals surface area contributed by atoms with Gasteiger partial charge in [-0.3, -0.25) is 0 Å². The number of aryl methyl sites for hydroxylation is 1. The lowest BCUT2D eigenvalue weighted by Gasteiger charge is -2.40. The van der Waals surface area contributed by atoms with Crippen molar-refractivity contribution in [3.05, 3.63) is 59.8 Å². The lowest BCUT2D eigenvalue weighted by molar-refractivity contribution is -0.00213.